The van der Waals surface area contributed by atoms with Crippen molar-refractivity contribution in [2.75, 3.05) is 20.6 Å². The number of fused-ring (bicyclic) bond motifs is 2. The smallest absolute Gasteiger partial charge is 0.279 e. The lowest BCUT2D eigenvalue weighted by Crippen LogP contribution is -2.39. The molecule has 9 heteroatoms. The lowest BCUT2D eigenvalue weighted by atomic mass is 9.94. The number of amides is 1. The Morgan fingerprint density at radius 1 is 1.29 bits per heavy atom. The van der Waals surface area contributed by atoms with E-state index in [1.807, 2.05) is 42.3 Å². The minimum Gasteiger partial charge on any atom is -0.361 e. The highest BCUT2D eigenvalue weighted by atomic mass is 32.2. The Labute approximate surface area is 182 Å². The third kappa shape index (κ3) is 4.34. The third-order valence-corrected chi connectivity index (χ3v) is 7.35. The Morgan fingerprint density at radius 2 is 2.06 bits per heavy atom. The van der Waals surface area contributed by atoms with E-state index in [-0.39, 0.29) is 12.5 Å². The van der Waals surface area contributed by atoms with E-state index in [4.69, 9.17) is 0 Å². The van der Waals surface area contributed by atoms with Gasteiger partial charge in [0.15, 0.2) is 0 Å². The summed E-state index contributed by atoms with van der Waals surface area (Å²) >= 11 is 0. The molecule has 0 spiro atoms. The molecule has 0 atom stereocenters. The zero-order valence-corrected chi connectivity index (χ0v) is 18.8. The number of carbonyl (C=O) groups excluding carboxylic acids is 1. The van der Waals surface area contributed by atoms with Crippen molar-refractivity contribution in [3.05, 3.63) is 64.6 Å². The fourth-order valence-electron chi connectivity index (χ4n) is 4.01. The summed E-state index contributed by atoms with van der Waals surface area (Å²) in [6.07, 6.45) is 4.73. The highest BCUT2D eigenvalue weighted by Gasteiger charge is 2.25. The van der Waals surface area contributed by atoms with E-state index in [1.54, 1.807) is 6.20 Å². The van der Waals surface area contributed by atoms with Gasteiger partial charge in [0, 0.05) is 62.7 Å². The number of aromatic amines is 1. The molecule has 8 nitrogen and oxygen atoms in total. The summed E-state index contributed by atoms with van der Waals surface area (Å²) in [4.78, 5) is 22.5. The summed E-state index contributed by atoms with van der Waals surface area (Å²) < 4.78 is 28.0. The van der Waals surface area contributed by atoms with Crippen molar-refractivity contribution < 1.29 is 13.2 Å². The lowest BCUT2D eigenvalue weighted by molar-refractivity contribution is -0.131. The monoisotopic (exact) mass is 441 g/mol. The van der Waals surface area contributed by atoms with Crippen LogP contribution < -0.4 is 4.72 Å². The average Bonchev–Trinajstić information content (AvgIpc) is 3.15. The van der Waals surface area contributed by atoms with Crippen LogP contribution in [0.1, 0.15) is 27.9 Å². The number of nitrogens with zero attached hydrogens (tertiary/aromatic N) is 3. The van der Waals surface area contributed by atoms with Gasteiger partial charge in [-0.1, -0.05) is 18.2 Å². The van der Waals surface area contributed by atoms with Crippen LogP contribution in [0.5, 0.6) is 0 Å². The number of carbonyl (C=O) groups is 1. The van der Waals surface area contributed by atoms with Gasteiger partial charge < -0.3 is 9.88 Å². The Bertz CT molecular complexity index is 1230. The van der Waals surface area contributed by atoms with Crippen molar-refractivity contribution in [3.8, 4) is 0 Å². The van der Waals surface area contributed by atoms with E-state index >= 15 is 0 Å². The van der Waals surface area contributed by atoms with Gasteiger partial charge in [0.2, 0.25) is 5.91 Å². The Balaban J connectivity index is 1.50. The maximum Gasteiger partial charge on any atom is 0.279 e. The largest absolute Gasteiger partial charge is 0.361 e. The maximum atomic E-state index is 13.0. The molecule has 0 aliphatic carbocycles. The molecule has 164 valence electrons. The molecule has 2 aromatic heterocycles. The zero-order valence-electron chi connectivity index (χ0n) is 18.0. The van der Waals surface area contributed by atoms with E-state index in [9.17, 15) is 13.2 Å². The number of aryl methyl sites for hydroxylation is 1. The summed E-state index contributed by atoms with van der Waals surface area (Å²) in [7, 11) is -0.541. The molecule has 0 bridgehead atoms. The third-order valence-electron chi connectivity index (χ3n) is 5.88. The van der Waals surface area contributed by atoms with Crippen molar-refractivity contribution in [2.45, 2.75) is 32.9 Å². The molecule has 0 fully saturated rings. The predicted octanol–water partition coefficient (Wildman–Crippen LogP) is 1.89. The van der Waals surface area contributed by atoms with Crippen molar-refractivity contribution in [1.29, 1.82) is 0 Å². The Hall–Kier alpha value is -2.75. The van der Waals surface area contributed by atoms with Crippen LogP contribution in [0.25, 0.3) is 10.9 Å². The van der Waals surface area contributed by atoms with Gasteiger partial charge in [-0.15, -0.1) is 0 Å². The highest BCUT2D eigenvalue weighted by Crippen LogP contribution is 2.25. The van der Waals surface area contributed by atoms with Crippen LogP contribution in [0.15, 0.2) is 36.7 Å². The van der Waals surface area contributed by atoms with Crippen molar-refractivity contribution >= 4 is 27.0 Å². The number of para-hydroxylation sites is 1. The van der Waals surface area contributed by atoms with Crippen LogP contribution in [0, 0.1) is 6.92 Å². The van der Waals surface area contributed by atoms with E-state index < -0.39 is 10.2 Å². The number of rotatable bonds is 6. The molecule has 4 rings (SSSR count). The minimum atomic E-state index is -3.52. The number of hydrogen-bond donors (Lipinski definition) is 2. The average molecular weight is 442 g/mol. The Kier molecular flexibility index (Phi) is 5.83. The van der Waals surface area contributed by atoms with Gasteiger partial charge in [-0.2, -0.15) is 17.4 Å². The molecular formula is C22H27N5O3S. The van der Waals surface area contributed by atoms with E-state index in [0.717, 1.165) is 43.2 Å². The van der Waals surface area contributed by atoms with Crippen LogP contribution in [0.3, 0.4) is 0 Å². The van der Waals surface area contributed by atoms with Gasteiger partial charge in [-0.3, -0.25) is 9.78 Å². The van der Waals surface area contributed by atoms with Crippen molar-refractivity contribution in [1.82, 2.24) is 23.9 Å². The molecule has 3 heterocycles. The molecule has 3 aromatic rings. The molecule has 0 saturated heterocycles. The second-order valence-electron chi connectivity index (χ2n) is 8.04. The highest BCUT2D eigenvalue weighted by molar-refractivity contribution is 7.87. The summed E-state index contributed by atoms with van der Waals surface area (Å²) in [5.41, 5.74) is 5.78. The first kappa shape index (κ1) is 21.5. The SMILES string of the molecule is Cc1ncc2c(c1CNS(=O)(=O)N(C)C)CCN(C(=O)Cc1c[nH]c3ccccc13)C2. The quantitative estimate of drug-likeness (QED) is 0.610. The van der Waals surface area contributed by atoms with Crippen LogP contribution in [0.4, 0.5) is 0 Å². The summed E-state index contributed by atoms with van der Waals surface area (Å²) in [6, 6.07) is 7.97. The molecule has 1 aliphatic heterocycles. The van der Waals surface area contributed by atoms with Crippen LogP contribution in [-0.4, -0.2) is 54.1 Å². The predicted molar refractivity (Wildman–Crippen MR) is 120 cm³/mol. The molecule has 1 aromatic carbocycles. The van der Waals surface area contributed by atoms with Crippen LogP contribution in [0.2, 0.25) is 0 Å². The number of pyridine rings is 1. The van der Waals surface area contributed by atoms with Gasteiger partial charge in [-0.05, 0) is 41.7 Å². The molecule has 2 N–H and O–H groups in total. The number of H-pyrrole nitrogens is 1. The first-order chi connectivity index (χ1) is 14.8. The first-order valence-corrected chi connectivity index (χ1v) is 11.7. The molecule has 1 aliphatic rings. The maximum absolute atomic E-state index is 13.0. The molecule has 0 unspecified atom stereocenters. The summed E-state index contributed by atoms with van der Waals surface area (Å²) in [6.45, 7) is 3.15. The van der Waals surface area contributed by atoms with Gasteiger partial charge in [-0.25, -0.2) is 0 Å². The van der Waals surface area contributed by atoms with Crippen molar-refractivity contribution in [2.24, 2.45) is 0 Å². The molecule has 1 amide bonds. The number of nitrogens with one attached hydrogen (secondary N) is 2. The Morgan fingerprint density at radius 3 is 2.84 bits per heavy atom. The fraction of sp³-hybridized carbons (Fsp3) is 0.364. The molecular weight excluding hydrogens is 414 g/mol. The number of hydrogen-bond acceptors (Lipinski definition) is 4. The molecule has 0 radical (unpaired) electrons. The van der Waals surface area contributed by atoms with Gasteiger partial charge in [0.05, 0.1) is 6.42 Å². The van der Waals surface area contributed by atoms with Gasteiger partial charge >= 0.3 is 0 Å². The molecule has 31 heavy (non-hydrogen) atoms. The topological polar surface area (TPSA) is 98.4 Å². The molecule has 0 saturated carbocycles. The van der Waals surface area contributed by atoms with Crippen LogP contribution in [-0.2, 0) is 40.9 Å². The first-order valence-electron chi connectivity index (χ1n) is 10.2. The summed E-state index contributed by atoms with van der Waals surface area (Å²) in [5, 5.41) is 1.07. The van der Waals surface area contributed by atoms with E-state index in [1.165, 1.54) is 14.1 Å². The van der Waals surface area contributed by atoms with Crippen molar-refractivity contribution in [3.63, 3.8) is 0 Å². The van der Waals surface area contributed by atoms with E-state index in [2.05, 4.69) is 14.7 Å². The standard InChI is InChI=1S/C22H27N5O3S/c1-15-20(13-25-31(29,30)26(2)3)18-8-9-27(14-17(18)12-23-15)22(28)10-16-11-24-21-7-5-4-6-19(16)21/h4-7,11-12,24-25H,8-10,13-14H2,1-3H3. The second-order valence-corrected chi connectivity index (χ2v) is 10.0. The van der Waals surface area contributed by atoms with Gasteiger partial charge in [0.1, 0.15) is 0 Å². The minimum absolute atomic E-state index is 0.0749. The fourth-order valence-corrected chi connectivity index (χ4v) is 4.60. The second kappa shape index (κ2) is 8.41. The zero-order chi connectivity index (χ0) is 22.2. The van der Waals surface area contributed by atoms with E-state index in [0.29, 0.717) is 25.9 Å². The number of aromatic nitrogens is 2. The van der Waals surface area contributed by atoms with Gasteiger partial charge in [0.25, 0.3) is 10.2 Å². The normalized spacial score (nSPS) is 14.3. The number of benzene rings is 1. The van der Waals surface area contributed by atoms with Crippen LogP contribution >= 0.6 is 0 Å². The summed E-state index contributed by atoms with van der Waals surface area (Å²) in [5.74, 6) is 0.0749. The lowest BCUT2D eigenvalue weighted by Gasteiger charge is -2.30.